The molecule has 0 saturated carbocycles. The predicted octanol–water partition coefficient (Wildman–Crippen LogP) is 2.86. The van der Waals surface area contributed by atoms with Crippen molar-refractivity contribution in [2.45, 2.75) is 39.2 Å². The van der Waals surface area contributed by atoms with E-state index in [4.69, 9.17) is 5.73 Å². The molecule has 4 nitrogen and oxygen atoms in total. The smallest absolute Gasteiger partial charge is 0.229 e. The lowest BCUT2D eigenvalue weighted by Gasteiger charge is -2.24. The van der Waals surface area contributed by atoms with E-state index in [-0.39, 0.29) is 42.7 Å². The fourth-order valence-corrected chi connectivity index (χ4v) is 1.89. The summed E-state index contributed by atoms with van der Waals surface area (Å²) in [7, 11) is 1.84. The van der Waals surface area contributed by atoms with E-state index in [1.165, 1.54) is 0 Å². The van der Waals surface area contributed by atoms with Gasteiger partial charge in [-0.1, -0.05) is 19.9 Å². The highest BCUT2D eigenvalue weighted by atomic mass is 35.5. The Labute approximate surface area is 140 Å². The maximum atomic E-state index is 12.3. The standard InChI is InChI=1S/C15H25N3O.2ClH/c1-11(2)14(16)7-9-18(4)15(19)12(3)13-6-5-8-17-10-13;;/h5-6,8,10-12,14H,7,9,16H2,1-4H3;2*1H. The summed E-state index contributed by atoms with van der Waals surface area (Å²) in [5.74, 6) is 0.400. The molecule has 6 heteroatoms. The lowest BCUT2D eigenvalue weighted by molar-refractivity contribution is -0.131. The maximum absolute atomic E-state index is 12.3. The number of pyridine rings is 1. The Bertz CT molecular complexity index is 401. The molecular weight excluding hydrogens is 309 g/mol. The summed E-state index contributed by atoms with van der Waals surface area (Å²) in [6, 6.07) is 3.93. The van der Waals surface area contributed by atoms with Crippen LogP contribution in [-0.4, -0.2) is 35.4 Å². The summed E-state index contributed by atoms with van der Waals surface area (Å²) in [5.41, 5.74) is 6.96. The number of amides is 1. The van der Waals surface area contributed by atoms with Crippen molar-refractivity contribution in [3.63, 3.8) is 0 Å². The van der Waals surface area contributed by atoms with E-state index < -0.39 is 0 Å². The van der Waals surface area contributed by atoms with Gasteiger partial charge >= 0.3 is 0 Å². The lowest BCUT2D eigenvalue weighted by atomic mass is 10.00. The summed E-state index contributed by atoms with van der Waals surface area (Å²) in [6.45, 7) is 6.82. The van der Waals surface area contributed by atoms with Crippen LogP contribution in [0, 0.1) is 5.92 Å². The van der Waals surface area contributed by atoms with Crippen molar-refractivity contribution in [3.05, 3.63) is 30.1 Å². The van der Waals surface area contributed by atoms with Gasteiger partial charge < -0.3 is 10.6 Å². The van der Waals surface area contributed by atoms with E-state index >= 15 is 0 Å². The lowest BCUT2D eigenvalue weighted by Crippen LogP contribution is -2.36. The second-order valence-corrected chi connectivity index (χ2v) is 5.46. The van der Waals surface area contributed by atoms with Crippen molar-refractivity contribution in [3.8, 4) is 0 Å². The third-order valence-electron chi connectivity index (χ3n) is 3.59. The molecule has 1 amide bonds. The molecule has 0 aliphatic carbocycles. The molecule has 2 N–H and O–H groups in total. The normalized spacial score (nSPS) is 12.9. The molecule has 0 fully saturated rings. The van der Waals surface area contributed by atoms with E-state index in [0.717, 1.165) is 12.0 Å². The van der Waals surface area contributed by atoms with Crippen LogP contribution in [-0.2, 0) is 4.79 Å². The summed E-state index contributed by atoms with van der Waals surface area (Å²) in [5, 5.41) is 0. The van der Waals surface area contributed by atoms with Gasteiger partial charge in [0.15, 0.2) is 0 Å². The number of carbonyl (C=O) groups excluding carboxylic acids is 1. The molecule has 0 radical (unpaired) electrons. The first-order valence-corrected chi connectivity index (χ1v) is 6.84. The number of nitrogens with two attached hydrogens (primary N) is 1. The van der Waals surface area contributed by atoms with Crippen LogP contribution in [0.4, 0.5) is 0 Å². The molecule has 2 atom stereocenters. The van der Waals surface area contributed by atoms with Crippen LogP contribution >= 0.6 is 24.8 Å². The molecule has 1 aromatic rings. The fraction of sp³-hybridized carbons (Fsp3) is 0.600. The highest BCUT2D eigenvalue weighted by Gasteiger charge is 2.20. The first kappa shape index (κ1) is 22.4. The molecule has 0 bridgehead atoms. The molecule has 0 aliphatic rings. The van der Waals surface area contributed by atoms with Gasteiger partial charge in [-0.3, -0.25) is 9.78 Å². The Morgan fingerprint density at radius 3 is 2.43 bits per heavy atom. The average Bonchev–Trinajstić information content (AvgIpc) is 2.43. The number of aromatic nitrogens is 1. The highest BCUT2D eigenvalue weighted by molar-refractivity contribution is 5.85. The van der Waals surface area contributed by atoms with Gasteiger partial charge in [0.1, 0.15) is 0 Å². The predicted molar refractivity (Wildman–Crippen MR) is 92.2 cm³/mol. The van der Waals surface area contributed by atoms with Crippen LogP contribution in [0.25, 0.3) is 0 Å². The minimum absolute atomic E-state index is 0. The molecular formula is C15H27Cl2N3O. The molecule has 21 heavy (non-hydrogen) atoms. The number of carbonyl (C=O) groups is 1. The molecule has 2 unspecified atom stereocenters. The second kappa shape index (κ2) is 10.8. The molecule has 122 valence electrons. The van der Waals surface area contributed by atoms with Gasteiger partial charge in [0.2, 0.25) is 5.91 Å². The molecule has 1 rings (SSSR count). The molecule has 0 aliphatic heterocycles. The van der Waals surface area contributed by atoms with Crippen LogP contribution < -0.4 is 5.73 Å². The summed E-state index contributed by atoms with van der Waals surface area (Å²) in [4.78, 5) is 18.1. The average molecular weight is 336 g/mol. The van der Waals surface area contributed by atoms with Crippen molar-refractivity contribution in [2.75, 3.05) is 13.6 Å². The number of halogens is 2. The van der Waals surface area contributed by atoms with Crippen LogP contribution in [0.5, 0.6) is 0 Å². The first-order chi connectivity index (χ1) is 8.93. The van der Waals surface area contributed by atoms with Crippen molar-refractivity contribution in [1.29, 1.82) is 0 Å². The zero-order chi connectivity index (χ0) is 14.4. The Morgan fingerprint density at radius 1 is 1.33 bits per heavy atom. The van der Waals surface area contributed by atoms with Crippen LogP contribution in [0.1, 0.15) is 38.7 Å². The van der Waals surface area contributed by atoms with E-state index in [1.54, 1.807) is 17.3 Å². The van der Waals surface area contributed by atoms with Crippen LogP contribution in [0.3, 0.4) is 0 Å². The topological polar surface area (TPSA) is 59.2 Å². The number of nitrogens with zero attached hydrogens (tertiary/aromatic N) is 2. The number of rotatable bonds is 6. The zero-order valence-corrected chi connectivity index (χ0v) is 14.8. The Hall–Kier alpha value is -0.840. The van der Waals surface area contributed by atoms with E-state index in [2.05, 4.69) is 18.8 Å². The fourth-order valence-electron chi connectivity index (χ4n) is 1.89. The van der Waals surface area contributed by atoms with Crippen LogP contribution in [0.2, 0.25) is 0 Å². The minimum atomic E-state index is -0.158. The van der Waals surface area contributed by atoms with Gasteiger partial charge in [-0.2, -0.15) is 0 Å². The molecule has 0 saturated heterocycles. The van der Waals surface area contributed by atoms with Gasteiger partial charge in [-0.05, 0) is 30.9 Å². The summed E-state index contributed by atoms with van der Waals surface area (Å²) < 4.78 is 0. The number of hydrogen-bond donors (Lipinski definition) is 1. The Balaban J connectivity index is 0. The van der Waals surface area contributed by atoms with E-state index in [0.29, 0.717) is 12.5 Å². The minimum Gasteiger partial charge on any atom is -0.345 e. The zero-order valence-electron chi connectivity index (χ0n) is 13.2. The maximum Gasteiger partial charge on any atom is 0.229 e. The van der Waals surface area contributed by atoms with Crippen molar-refractivity contribution in [2.24, 2.45) is 11.7 Å². The summed E-state index contributed by atoms with van der Waals surface area (Å²) >= 11 is 0. The largest absolute Gasteiger partial charge is 0.345 e. The molecule has 0 spiro atoms. The van der Waals surface area contributed by atoms with Crippen molar-refractivity contribution < 1.29 is 4.79 Å². The monoisotopic (exact) mass is 335 g/mol. The molecule has 1 heterocycles. The third-order valence-corrected chi connectivity index (χ3v) is 3.59. The highest BCUT2D eigenvalue weighted by Crippen LogP contribution is 2.16. The van der Waals surface area contributed by atoms with Gasteiger partial charge in [-0.25, -0.2) is 0 Å². The van der Waals surface area contributed by atoms with Crippen molar-refractivity contribution >= 4 is 30.7 Å². The first-order valence-electron chi connectivity index (χ1n) is 6.84. The number of likely N-dealkylation sites (N-methyl/N-ethyl adjacent to an activating group) is 1. The van der Waals surface area contributed by atoms with Gasteiger partial charge in [0, 0.05) is 32.0 Å². The molecule has 1 aromatic heterocycles. The van der Waals surface area contributed by atoms with Crippen molar-refractivity contribution in [1.82, 2.24) is 9.88 Å². The van der Waals surface area contributed by atoms with Gasteiger partial charge in [-0.15, -0.1) is 24.8 Å². The van der Waals surface area contributed by atoms with Gasteiger partial charge in [0.05, 0.1) is 5.92 Å². The Morgan fingerprint density at radius 2 is 1.95 bits per heavy atom. The Kier molecular flexibility index (Phi) is 11.6. The SMILES string of the molecule is CC(C(=O)N(C)CCC(N)C(C)C)c1cccnc1.Cl.Cl. The number of hydrogen-bond acceptors (Lipinski definition) is 3. The van der Waals surface area contributed by atoms with Gasteiger partial charge in [0.25, 0.3) is 0 Å². The third kappa shape index (κ3) is 7.11. The van der Waals surface area contributed by atoms with E-state index in [1.807, 2.05) is 26.1 Å². The second-order valence-electron chi connectivity index (χ2n) is 5.46. The molecule has 0 aromatic carbocycles. The quantitative estimate of drug-likeness (QED) is 0.869. The van der Waals surface area contributed by atoms with Crippen LogP contribution in [0.15, 0.2) is 24.5 Å². The van der Waals surface area contributed by atoms with E-state index in [9.17, 15) is 4.79 Å². The summed E-state index contributed by atoms with van der Waals surface area (Å²) in [6.07, 6.45) is 4.29.